The molecule has 21 heavy (non-hydrogen) atoms. The molecule has 0 aliphatic carbocycles. The van der Waals surface area contributed by atoms with Crippen molar-refractivity contribution >= 4 is 28.9 Å². The molecule has 1 atom stereocenters. The molecule has 1 aliphatic rings. The van der Waals surface area contributed by atoms with Crippen molar-refractivity contribution in [2.24, 2.45) is 0 Å². The second kappa shape index (κ2) is 8.69. The standard InChI is InChI=1S/C15H22Cl2N2O2/c16-10-13(20)11-18-12-3-4-15(14(17)9-12)21-8-7-19-5-1-2-6-19/h3-4,9,13,18,20H,1-2,5-8,10-11H2. The Bertz CT molecular complexity index is 440. The number of benzene rings is 1. The topological polar surface area (TPSA) is 44.7 Å². The van der Waals surface area contributed by atoms with Crippen LogP contribution in [0.1, 0.15) is 12.8 Å². The summed E-state index contributed by atoms with van der Waals surface area (Å²) in [6.07, 6.45) is 2.01. The molecule has 118 valence electrons. The molecule has 1 saturated heterocycles. The number of nitrogens with one attached hydrogen (secondary N) is 1. The maximum absolute atomic E-state index is 9.41. The smallest absolute Gasteiger partial charge is 0.138 e. The first-order chi connectivity index (χ1) is 10.2. The van der Waals surface area contributed by atoms with Gasteiger partial charge in [0.1, 0.15) is 12.4 Å². The number of aliphatic hydroxyl groups is 1. The Kier molecular flexibility index (Phi) is 6.90. The first kappa shape index (κ1) is 16.7. The van der Waals surface area contributed by atoms with E-state index in [0.717, 1.165) is 12.2 Å². The summed E-state index contributed by atoms with van der Waals surface area (Å²) in [5.41, 5.74) is 0.844. The molecule has 1 aromatic rings. The van der Waals surface area contributed by atoms with E-state index in [1.54, 1.807) is 6.07 Å². The van der Waals surface area contributed by atoms with Gasteiger partial charge in [-0.25, -0.2) is 0 Å². The summed E-state index contributed by atoms with van der Waals surface area (Å²) in [5.74, 6) is 0.901. The Morgan fingerprint density at radius 2 is 2.10 bits per heavy atom. The summed E-state index contributed by atoms with van der Waals surface area (Å²) in [7, 11) is 0. The molecule has 0 radical (unpaired) electrons. The molecule has 1 fully saturated rings. The second-order valence-electron chi connectivity index (χ2n) is 5.23. The van der Waals surface area contributed by atoms with Crippen LogP contribution in [0.5, 0.6) is 5.75 Å². The molecule has 0 aromatic heterocycles. The Labute approximate surface area is 136 Å². The van der Waals surface area contributed by atoms with Gasteiger partial charge in [-0.1, -0.05) is 11.6 Å². The van der Waals surface area contributed by atoms with Crippen LogP contribution in [0, 0.1) is 0 Å². The molecule has 2 rings (SSSR count). The largest absolute Gasteiger partial charge is 0.491 e. The van der Waals surface area contributed by atoms with Crippen LogP contribution in [0.15, 0.2) is 18.2 Å². The molecular weight excluding hydrogens is 311 g/mol. The first-order valence-electron chi connectivity index (χ1n) is 7.31. The number of anilines is 1. The minimum Gasteiger partial charge on any atom is -0.491 e. The third-order valence-electron chi connectivity index (χ3n) is 3.52. The highest BCUT2D eigenvalue weighted by Gasteiger charge is 2.11. The number of nitrogens with zero attached hydrogens (tertiary/aromatic N) is 1. The molecule has 0 bridgehead atoms. The molecule has 1 aromatic carbocycles. The number of alkyl halides is 1. The van der Waals surface area contributed by atoms with Crippen molar-refractivity contribution in [3.8, 4) is 5.75 Å². The van der Waals surface area contributed by atoms with Crippen molar-refractivity contribution < 1.29 is 9.84 Å². The summed E-state index contributed by atoms with van der Waals surface area (Å²) in [6, 6.07) is 5.54. The lowest BCUT2D eigenvalue weighted by molar-refractivity contribution is 0.211. The summed E-state index contributed by atoms with van der Waals surface area (Å²) >= 11 is 11.8. The molecule has 0 spiro atoms. The van der Waals surface area contributed by atoms with E-state index in [4.69, 9.17) is 27.9 Å². The second-order valence-corrected chi connectivity index (χ2v) is 5.95. The quantitative estimate of drug-likeness (QED) is 0.718. The third kappa shape index (κ3) is 5.55. The van der Waals surface area contributed by atoms with Gasteiger partial charge in [0.25, 0.3) is 0 Å². The van der Waals surface area contributed by atoms with Gasteiger partial charge in [0.05, 0.1) is 17.0 Å². The lowest BCUT2D eigenvalue weighted by atomic mass is 10.3. The van der Waals surface area contributed by atoms with E-state index in [1.165, 1.54) is 25.9 Å². The van der Waals surface area contributed by atoms with Gasteiger partial charge in [0.15, 0.2) is 0 Å². The molecule has 6 heteroatoms. The van der Waals surface area contributed by atoms with Gasteiger partial charge >= 0.3 is 0 Å². The Balaban J connectivity index is 1.78. The number of ether oxygens (including phenoxy) is 1. The lowest BCUT2D eigenvalue weighted by Gasteiger charge is -2.16. The van der Waals surface area contributed by atoms with Gasteiger partial charge < -0.3 is 15.2 Å². The summed E-state index contributed by atoms with van der Waals surface area (Å²) < 4.78 is 5.73. The fraction of sp³-hybridized carbons (Fsp3) is 0.600. The van der Waals surface area contributed by atoms with Crippen LogP contribution in [-0.4, -0.2) is 54.8 Å². The summed E-state index contributed by atoms with van der Waals surface area (Å²) in [4.78, 5) is 2.40. The number of aliphatic hydroxyl groups excluding tert-OH is 1. The minimum atomic E-state index is -0.568. The molecule has 1 aliphatic heterocycles. The van der Waals surface area contributed by atoms with E-state index < -0.39 is 6.10 Å². The SMILES string of the molecule is OC(CCl)CNc1ccc(OCCN2CCCC2)c(Cl)c1. The lowest BCUT2D eigenvalue weighted by Crippen LogP contribution is -2.25. The average molecular weight is 333 g/mol. The van der Waals surface area contributed by atoms with Crippen LogP contribution >= 0.6 is 23.2 Å². The van der Waals surface area contributed by atoms with Crippen LogP contribution in [0.3, 0.4) is 0 Å². The zero-order valence-electron chi connectivity index (χ0n) is 12.0. The van der Waals surface area contributed by atoms with Crippen LogP contribution in [0.4, 0.5) is 5.69 Å². The van der Waals surface area contributed by atoms with Crippen molar-refractivity contribution in [1.82, 2.24) is 4.90 Å². The van der Waals surface area contributed by atoms with E-state index in [-0.39, 0.29) is 5.88 Å². The van der Waals surface area contributed by atoms with Crippen LogP contribution in [0.25, 0.3) is 0 Å². The highest BCUT2D eigenvalue weighted by atomic mass is 35.5. The predicted octanol–water partition coefficient (Wildman–Crippen LogP) is 2.83. The first-order valence-corrected chi connectivity index (χ1v) is 8.23. The van der Waals surface area contributed by atoms with E-state index in [2.05, 4.69) is 10.2 Å². The van der Waals surface area contributed by atoms with Crippen molar-refractivity contribution in [2.75, 3.05) is 44.0 Å². The fourth-order valence-electron chi connectivity index (χ4n) is 2.31. The van der Waals surface area contributed by atoms with Crippen molar-refractivity contribution in [1.29, 1.82) is 0 Å². The molecule has 0 saturated carbocycles. The molecule has 1 heterocycles. The van der Waals surface area contributed by atoms with E-state index >= 15 is 0 Å². The number of likely N-dealkylation sites (tertiary alicyclic amines) is 1. The predicted molar refractivity (Wildman–Crippen MR) is 87.8 cm³/mol. The molecule has 4 nitrogen and oxygen atoms in total. The van der Waals surface area contributed by atoms with E-state index in [1.807, 2.05) is 12.1 Å². The molecule has 0 amide bonds. The highest BCUT2D eigenvalue weighted by Crippen LogP contribution is 2.27. The Morgan fingerprint density at radius 3 is 2.76 bits per heavy atom. The summed E-state index contributed by atoms with van der Waals surface area (Å²) in [6.45, 7) is 4.33. The average Bonchev–Trinajstić information content (AvgIpc) is 3.00. The fourth-order valence-corrected chi connectivity index (χ4v) is 2.65. The van der Waals surface area contributed by atoms with E-state index in [0.29, 0.717) is 23.9 Å². The minimum absolute atomic E-state index is 0.207. The number of hydrogen-bond donors (Lipinski definition) is 2. The van der Waals surface area contributed by atoms with Crippen molar-refractivity contribution in [2.45, 2.75) is 18.9 Å². The van der Waals surface area contributed by atoms with Crippen LogP contribution < -0.4 is 10.1 Å². The van der Waals surface area contributed by atoms with Gasteiger partial charge in [-0.2, -0.15) is 0 Å². The third-order valence-corrected chi connectivity index (χ3v) is 4.17. The number of hydrogen-bond acceptors (Lipinski definition) is 4. The molecule has 2 N–H and O–H groups in total. The maximum atomic E-state index is 9.41. The normalized spacial score (nSPS) is 16.9. The van der Waals surface area contributed by atoms with Gasteiger partial charge in [0, 0.05) is 18.8 Å². The van der Waals surface area contributed by atoms with Crippen LogP contribution in [0.2, 0.25) is 5.02 Å². The van der Waals surface area contributed by atoms with Crippen molar-refractivity contribution in [3.63, 3.8) is 0 Å². The van der Waals surface area contributed by atoms with E-state index in [9.17, 15) is 5.11 Å². The molecular formula is C15H22Cl2N2O2. The zero-order valence-corrected chi connectivity index (χ0v) is 13.5. The zero-order chi connectivity index (χ0) is 15.1. The highest BCUT2D eigenvalue weighted by molar-refractivity contribution is 6.32. The maximum Gasteiger partial charge on any atom is 0.138 e. The van der Waals surface area contributed by atoms with Gasteiger partial charge in [-0.3, -0.25) is 4.90 Å². The van der Waals surface area contributed by atoms with Crippen LogP contribution in [-0.2, 0) is 0 Å². The summed E-state index contributed by atoms with van der Waals surface area (Å²) in [5, 5.41) is 13.1. The van der Waals surface area contributed by atoms with Gasteiger partial charge in [0.2, 0.25) is 0 Å². The van der Waals surface area contributed by atoms with Crippen molar-refractivity contribution in [3.05, 3.63) is 23.2 Å². The number of rotatable bonds is 8. The van der Waals surface area contributed by atoms with Gasteiger partial charge in [-0.05, 0) is 44.1 Å². The van der Waals surface area contributed by atoms with Gasteiger partial charge in [-0.15, -0.1) is 11.6 Å². The molecule has 1 unspecified atom stereocenters. The Morgan fingerprint density at radius 1 is 1.33 bits per heavy atom. The number of halogens is 2. The monoisotopic (exact) mass is 332 g/mol. The Hall–Kier alpha value is -0.680.